The fourth-order valence-electron chi connectivity index (χ4n) is 1.95. The van der Waals surface area contributed by atoms with Crippen LogP contribution in [-0.2, 0) is 4.79 Å². The van der Waals surface area contributed by atoms with Crippen LogP contribution in [0.3, 0.4) is 0 Å². The van der Waals surface area contributed by atoms with Crippen molar-refractivity contribution < 1.29 is 4.79 Å². The molecule has 1 saturated carbocycles. The largest absolute Gasteiger partial charge is 0.339 e. The van der Waals surface area contributed by atoms with Gasteiger partial charge in [-0.1, -0.05) is 38.2 Å². The van der Waals surface area contributed by atoms with E-state index in [1.54, 1.807) is 0 Å². The Morgan fingerprint density at radius 3 is 2.33 bits per heavy atom. The van der Waals surface area contributed by atoms with E-state index >= 15 is 0 Å². The van der Waals surface area contributed by atoms with E-state index in [-0.39, 0.29) is 0 Å². The number of allylic oxidation sites excluding steroid dienone is 3. The molecule has 102 valence electrons. The van der Waals surface area contributed by atoms with Crippen LogP contribution >= 0.6 is 0 Å². The monoisotopic (exact) mass is 249 g/mol. The SMILES string of the molecule is CC/C=C\CC/C=C/CN(CCC)C(=O)C1CC1. The lowest BCUT2D eigenvalue weighted by atomic mass is 10.2. The van der Waals surface area contributed by atoms with Crippen molar-refractivity contribution in [2.45, 2.75) is 52.4 Å². The Labute approximate surface area is 112 Å². The predicted octanol–water partition coefficient (Wildman–Crippen LogP) is 3.94. The van der Waals surface area contributed by atoms with Gasteiger partial charge in [-0.15, -0.1) is 0 Å². The van der Waals surface area contributed by atoms with Gasteiger partial charge in [0.1, 0.15) is 0 Å². The summed E-state index contributed by atoms with van der Waals surface area (Å²) in [6.07, 6.45) is 15.3. The van der Waals surface area contributed by atoms with Gasteiger partial charge in [0, 0.05) is 19.0 Å². The van der Waals surface area contributed by atoms with Crippen LogP contribution < -0.4 is 0 Å². The van der Waals surface area contributed by atoms with Gasteiger partial charge < -0.3 is 4.90 Å². The summed E-state index contributed by atoms with van der Waals surface area (Å²) < 4.78 is 0. The highest BCUT2D eigenvalue weighted by Crippen LogP contribution is 2.31. The Hall–Kier alpha value is -1.05. The number of carbonyl (C=O) groups is 1. The predicted molar refractivity (Wildman–Crippen MR) is 77.4 cm³/mol. The number of nitrogens with zero attached hydrogens (tertiary/aromatic N) is 1. The first-order valence-electron chi connectivity index (χ1n) is 7.38. The van der Waals surface area contributed by atoms with Gasteiger partial charge in [-0.05, 0) is 38.5 Å². The molecular weight excluding hydrogens is 222 g/mol. The standard InChI is InChI=1S/C16H27NO/c1-3-5-6-7-8-9-10-14-17(13-4-2)16(18)15-11-12-15/h5-6,9-10,15H,3-4,7-8,11-14H2,1-2H3/b6-5-,10-9+. The Kier molecular flexibility index (Phi) is 7.47. The lowest BCUT2D eigenvalue weighted by Gasteiger charge is -2.20. The third kappa shape index (κ3) is 6.04. The summed E-state index contributed by atoms with van der Waals surface area (Å²) in [6, 6.07) is 0. The normalized spacial score (nSPS) is 15.7. The van der Waals surface area contributed by atoms with E-state index < -0.39 is 0 Å². The molecule has 0 spiro atoms. The van der Waals surface area contributed by atoms with Gasteiger partial charge >= 0.3 is 0 Å². The van der Waals surface area contributed by atoms with Crippen molar-refractivity contribution in [1.29, 1.82) is 0 Å². The first kappa shape index (κ1) is 15.0. The number of hydrogen-bond donors (Lipinski definition) is 0. The number of unbranched alkanes of at least 4 members (excludes halogenated alkanes) is 1. The number of rotatable bonds is 9. The molecule has 0 unspecified atom stereocenters. The highest BCUT2D eigenvalue weighted by Gasteiger charge is 2.32. The van der Waals surface area contributed by atoms with E-state index in [9.17, 15) is 4.79 Å². The third-order valence-electron chi connectivity index (χ3n) is 3.13. The van der Waals surface area contributed by atoms with E-state index in [2.05, 4.69) is 38.2 Å². The molecule has 0 aliphatic heterocycles. The van der Waals surface area contributed by atoms with Crippen molar-refractivity contribution >= 4 is 5.91 Å². The maximum atomic E-state index is 12.0. The number of carbonyl (C=O) groups excluding carboxylic acids is 1. The zero-order chi connectivity index (χ0) is 13.2. The van der Waals surface area contributed by atoms with E-state index in [0.717, 1.165) is 51.6 Å². The summed E-state index contributed by atoms with van der Waals surface area (Å²) in [5.41, 5.74) is 0. The minimum atomic E-state index is 0.345. The molecule has 1 amide bonds. The summed E-state index contributed by atoms with van der Waals surface area (Å²) in [5.74, 6) is 0.713. The lowest BCUT2D eigenvalue weighted by molar-refractivity contribution is -0.132. The maximum absolute atomic E-state index is 12.0. The zero-order valence-corrected chi connectivity index (χ0v) is 11.9. The molecule has 1 fully saturated rings. The van der Waals surface area contributed by atoms with Crippen molar-refractivity contribution in [2.24, 2.45) is 5.92 Å². The topological polar surface area (TPSA) is 20.3 Å². The molecule has 2 heteroatoms. The molecule has 0 atom stereocenters. The van der Waals surface area contributed by atoms with Crippen LogP contribution in [0.4, 0.5) is 0 Å². The molecule has 0 radical (unpaired) electrons. The summed E-state index contributed by atoms with van der Waals surface area (Å²) in [5, 5.41) is 0. The molecule has 0 heterocycles. The minimum Gasteiger partial charge on any atom is -0.339 e. The lowest BCUT2D eigenvalue weighted by Crippen LogP contribution is -2.33. The fourth-order valence-corrected chi connectivity index (χ4v) is 1.95. The molecule has 0 saturated heterocycles. The molecule has 0 aromatic heterocycles. The molecule has 1 aliphatic rings. The van der Waals surface area contributed by atoms with Crippen LogP contribution in [0, 0.1) is 5.92 Å². The smallest absolute Gasteiger partial charge is 0.225 e. The first-order chi connectivity index (χ1) is 8.79. The molecular formula is C16H27NO. The van der Waals surface area contributed by atoms with E-state index in [4.69, 9.17) is 0 Å². The van der Waals surface area contributed by atoms with Crippen LogP contribution in [0.5, 0.6) is 0 Å². The van der Waals surface area contributed by atoms with Gasteiger partial charge in [0.25, 0.3) is 0 Å². The summed E-state index contributed by atoms with van der Waals surface area (Å²) >= 11 is 0. The van der Waals surface area contributed by atoms with Gasteiger partial charge in [-0.3, -0.25) is 4.79 Å². The average molecular weight is 249 g/mol. The molecule has 1 aliphatic carbocycles. The molecule has 0 aromatic carbocycles. The third-order valence-corrected chi connectivity index (χ3v) is 3.13. The summed E-state index contributed by atoms with van der Waals surface area (Å²) in [7, 11) is 0. The highest BCUT2D eigenvalue weighted by atomic mass is 16.2. The van der Waals surface area contributed by atoms with Crippen LogP contribution in [0.25, 0.3) is 0 Å². The molecule has 18 heavy (non-hydrogen) atoms. The average Bonchev–Trinajstić information content (AvgIpc) is 3.20. The van der Waals surface area contributed by atoms with Gasteiger partial charge in [-0.25, -0.2) is 0 Å². The minimum absolute atomic E-state index is 0.345. The molecule has 0 N–H and O–H groups in total. The molecule has 0 bridgehead atoms. The first-order valence-corrected chi connectivity index (χ1v) is 7.38. The maximum Gasteiger partial charge on any atom is 0.225 e. The zero-order valence-electron chi connectivity index (χ0n) is 11.9. The van der Waals surface area contributed by atoms with Gasteiger partial charge in [-0.2, -0.15) is 0 Å². The fraction of sp³-hybridized carbons (Fsp3) is 0.688. The van der Waals surface area contributed by atoms with E-state index in [1.165, 1.54) is 0 Å². The van der Waals surface area contributed by atoms with Crippen LogP contribution in [-0.4, -0.2) is 23.9 Å². The summed E-state index contributed by atoms with van der Waals surface area (Å²) in [4.78, 5) is 14.0. The second kappa shape index (κ2) is 8.96. The molecule has 2 nitrogen and oxygen atoms in total. The Morgan fingerprint density at radius 2 is 1.78 bits per heavy atom. The van der Waals surface area contributed by atoms with Crippen molar-refractivity contribution in [2.75, 3.05) is 13.1 Å². The van der Waals surface area contributed by atoms with Crippen LogP contribution in [0.1, 0.15) is 52.4 Å². The Morgan fingerprint density at radius 1 is 1.11 bits per heavy atom. The van der Waals surface area contributed by atoms with Gasteiger partial charge in [0.15, 0.2) is 0 Å². The van der Waals surface area contributed by atoms with Crippen LogP contribution in [0.15, 0.2) is 24.3 Å². The highest BCUT2D eigenvalue weighted by molar-refractivity contribution is 5.81. The van der Waals surface area contributed by atoms with E-state index in [1.807, 2.05) is 4.90 Å². The Balaban J connectivity index is 2.21. The van der Waals surface area contributed by atoms with Gasteiger partial charge in [0.05, 0.1) is 0 Å². The Bertz CT molecular complexity index is 289. The quantitative estimate of drug-likeness (QED) is 0.448. The number of hydrogen-bond acceptors (Lipinski definition) is 1. The van der Waals surface area contributed by atoms with Crippen LogP contribution in [0.2, 0.25) is 0 Å². The second-order valence-corrected chi connectivity index (χ2v) is 4.99. The second-order valence-electron chi connectivity index (χ2n) is 4.99. The van der Waals surface area contributed by atoms with Crippen molar-refractivity contribution in [1.82, 2.24) is 4.90 Å². The van der Waals surface area contributed by atoms with Crippen molar-refractivity contribution in [3.05, 3.63) is 24.3 Å². The van der Waals surface area contributed by atoms with Crippen molar-refractivity contribution in [3.63, 3.8) is 0 Å². The summed E-state index contributed by atoms with van der Waals surface area (Å²) in [6.45, 7) is 5.97. The molecule has 0 aromatic rings. The number of amides is 1. The van der Waals surface area contributed by atoms with E-state index in [0.29, 0.717) is 11.8 Å². The van der Waals surface area contributed by atoms with Gasteiger partial charge in [0.2, 0.25) is 5.91 Å². The molecule has 1 rings (SSSR count). The van der Waals surface area contributed by atoms with Crippen molar-refractivity contribution in [3.8, 4) is 0 Å².